The Morgan fingerprint density at radius 3 is 2.35 bits per heavy atom. The van der Waals surface area contributed by atoms with Crippen LogP contribution in [0.15, 0.2) is 54.6 Å². The van der Waals surface area contributed by atoms with Crippen molar-refractivity contribution >= 4 is 0 Å². The molecular weight excluding hydrogens is 246 g/mol. The molecule has 0 aliphatic rings. The van der Waals surface area contributed by atoms with Gasteiger partial charge in [-0.1, -0.05) is 62.4 Å². The van der Waals surface area contributed by atoms with Gasteiger partial charge in [-0.25, -0.2) is 0 Å². The third-order valence-electron chi connectivity index (χ3n) is 3.71. The van der Waals surface area contributed by atoms with E-state index < -0.39 is 0 Å². The van der Waals surface area contributed by atoms with Crippen LogP contribution in [0.5, 0.6) is 5.75 Å². The second-order valence-electron chi connectivity index (χ2n) is 5.18. The Bertz CT molecular complexity index is 524. The molecule has 0 saturated carbocycles. The minimum Gasteiger partial charge on any atom is -0.491 e. The van der Waals surface area contributed by atoms with Gasteiger partial charge in [0.15, 0.2) is 0 Å². The molecule has 106 valence electrons. The molecule has 0 fully saturated rings. The van der Waals surface area contributed by atoms with Crippen LogP contribution in [0.2, 0.25) is 0 Å². The number of nitrogens with two attached hydrogens (primary N) is 1. The van der Waals surface area contributed by atoms with Gasteiger partial charge in [0.25, 0.3) is 0 Å². The zero-order valence-electron chi connectivity index (χ0n) is 12.3. The second kappa shape index (κ2) is 7.11. The summed E-state index contributed by atoms with van der Waals surface area (Å²) in [5.41, 5.74) is 8.54. The minimum absolute atomic E-state index is 0.0961. The number of rotatable bonds is 6. The van der Waals surface area contributed by atoms with E-state index in [0.29, 0.717) is 12.5 Å². The molecule has 2 unspecified atom stereocenters. The number of hydrogen-bond donors (Lipinski definition) is 1. The third-order valence-corrected chi connectivity index (χ3v) is 3.71. The van der Waals surface area contributed by atoms with Gasteiger partial charge in [0.05, 0.1) is 6.04 Å². The van der Waals surface area contributed by atoms with Crippen molar-refractivity contribution in [1.29, 1.82) is 0 Å². The van der Waals surface area contributed by atoms with E-state index in [2.05, 4.69) is 26.0 Å². The lowest BCUT2D eigenvalue weighted by molar-refractivity contribution is 0.286. The van der Waals surface area contributed by atoms with Crippen LogP contribution >= 0.6 is 0 Å². The first-order chi connectivity index (χ1) is 9.72. The summed E-state index contributed by atoms with van der Waals surface area (Å²) in [5.74, 6) is 1.45. The van der Waals surface area contributed by atoms with Gasteiger partial charge in [-0.05, 0) is 29.5 Å². The summed E-state index contributed by atoms with van der Waals surface area (Å²) in [6, 6.07) is 18.2. The molecule has 2 rings (SSSR count). The average Bonchev–Trinajstić information content (AvgIpc) is 2.53. The van der Waals surface area contributed by atoms with E-state index in [-0.39, 0.29) is 6.04 Å². The van der Waals surface area contributed by atoms with Gasteiger partial charge in [0.1, 0.15) is 12.4 Å². The maximum atomic E-state index is 6.18. The molecule has 0 aromatic heterocycles. The summed E-state index contributed by atoms with van der Waals surface area (Å²) in [6.07, 6.45) is 1.10. The first kappa shape index (κ1) is 14.6. The van der Waals surface area contributed by atoms with Crippen LogP contribution in [0.1, 0.15) is 43.4 Å². The smallest absolute Gasteiger partial charge is 0.122 e. The average molecular weight is 269 g/mol. The zero-order valence-corrected chi connectivity index (χ0v) is 12.3. The molecule has 0 heterocycles. The van der Waals surface area contributed by atoms with Crippen LogP contribution < -0.4 is 10.5 Å². The topological polar surface area (TPSA) is 35.2 Å². The summed E-state index contributed by atoms with van der Waals surface area (Å²) >= 11 is 0. The van der Waals surface area contributed by atoms with Crippen LogP contribution in [0.25, 0.3) is 0 Å². The van der Waals surface area contributed by atoms with E-state index in [1.807, 2.05) is 42.5 Å². The van der Waals surface area contributed by atoms with E-state index in [0.717, 1.165) is 17.7 Å². The van der Waals surface area contributed by atoms with Crippen molar-refractivity contribution in [3.8, 4) is 5.75 Å². The molecule has 0 amide bonds. The highest BCUT2D eigenvalue weighted by molar-refractivity contribution is 5.36. The minimum atomic E-state index is -0.0961. The number of benzene rings is 2. The van der Waals surface area contributed by atoms with Gasteiger partial charge in [-0.3, -0.25) is 0 Å². The van der Waals surface area contributed by atoms with Crippen molar-refractivity contribution < 1.29 is 4.74 Å². The standard InChI is InChI=1S/C18H23NO/c1-3-14(2)16-11-7-8-12-18(16)20-13-17(19)15-9-5-4-6-10-15/h4-12,14,17H,3,13,19H2,1-2H3. The molecule has 0 saturated heterocycles. The Morgan fingerprint density at radius 1 is 1.00 bits per heavy atom. The monoisotopic (exact) mass is 269 g/mol. The summed E-state index contributed by atoms with van der Waals surface area (Å²) in [5, 5.41) is 0. The van der Waals surface area contributed by atoms with Crippen molar-refractivity contribution in [2.24, 2.45) is 5.73 Å². The fraction of sp³-hybridized carbons (Fsp3) is 0.333. The summed E-state index contributed by atoms with van der Waals surface area (Å²) in [6.45, 7) is 4.91. The molecule has 2 atom stereocenters. The number of ether oxygens (including phenoxy) is 1. The highest BCUT2D eigenvalue weighted by Crippen LogP contribution is 2.28. The maximum absolute atomic E-state index is 6.18. The fourth-order valence-electron chi connectivity index (χ4n) is 2.22. The molecular formula is C18H23NO. The first-order valence-corrected chi connectivity index (χ1v) is 7.24. The van der Waals surface area contributed by atoms with Crippen LogP contribution in [-0.2, 0) is 0 Å². The first-order valence-electron chi connectivity index (χ1n) is 7.24. The van der Waals surface area contributed by atoms with Crippen molar-refractivity contribution in [2.45, 2.75) is 32.2 Å². The van der Waals surface area contributed by atoms with Crippen molar-refractivity contribution in [3.63, 3.8) is 0 Å². The molecule has 2 heteroatoms. The van der Waals surface area contributed by atoms with Crippen molar-refractivity contribution in [2.75, 3.05) is 6.61 Å². The SMILES string of the molecule is CCC(C)c1ccccc1OCC(N)c1ccccc1. The Hall–Kier alpha value is -1.80. The normalized spacial score (nSPS) is 13.8. The molecule has 0 bridgehead atoms. The Balaban J connectivity index is 2.04. The zero-order chi connectivity index (χ0) is 14.4. The van der Waals surface area contributed by atoms with E-state index >= 15 is 0 Å². The highest BCUT2D eigenvalue weighted by Gasteiger charge is 2.11. The summed E-state index contributed by atoms with van der Waals surface area (Å²) in [4.78, 5) is 0. The lowest BCUT2D eigenvalue weighted by Crippen LogP contribution is -2.19. The van der Waals surface area contributed by atoms with E-state index in [9.17, 15) is 0 Å². The molecule has 0 aliphatic heterocycles. The summed E-state index contributed by atoms with van der Waals surface area (Å²) < 4.78 is 5.95. The maximum Gasteiger partial charge on any atom is 0.122 e. The molecule has 2 aromatic rings. The Kier molecular flexibility index (Phi) is 5.19. The van der Waals surface area contributed by atoms with Crippen molar-refractivity contribution in [1.82, 2.24) is 0 Å². The predicted octanol–water partition coefficient (Wildman–Crippen LogP) is 4.28. The van der Waals surface area contributed by atoms with Gasteiger partial charge >= 0.3 is 0 Å². The van der Waals surface area contributed by atoms with Crippen LogP contribution in [-0.4, -0.2) is 6.61 Å². The third kappa shape index (κ3) is 3.61. The molecule has 2 N–H and O–H groups in total. The van der Waals surface area contributed by atoms with Gasteiger partial charge in [-0.15, -0.1) is 0 Å². The molecule has 0 aliphatic carbocycles. The number of para-hydroxylation sites is 1. The summed E-state index contributed by atoms with van der Waals surface area (Å²) in [7, 11) is 0. The molecule has 20 heavy (non-hydrogen) atoms. The van der Waals surface area contributed by atoms with Crippen LogP contribution in [0.3, 0.4) is 0 Å². The van der Waals surface area contributed by atoms with Gasteiger partial charge in [0, 0.05) is 0 Å². The fourth-order valence-corrected chi connectivity index (χ4v) is 2.22. The second-order valence-corrected chi connectivity index (χ2v) is 5.18. The predicted molar refractivity (Wildman–Crippen MR) is 84.0 cm³/mol. The lowest BCUT2D eigenvalue weighted by Gasteiger charge is -2.18. The van der Waals surface area contributed by atoms with Gasteiger partial charge in [0.2, 0.25) is 0 Å². The van der Waals surface area contributed by atoms with Crippen molar-refractivity contribution in [3.05, 3.63) is 65.7 Å². The number of hydrogen-bond acceptors (Lipinski definition) is 2. The van der Waals surface area contributed by atoms with Crippen LogP contribution in [0, 0.1) is 0 Å². The van der Waals surface area contributed by atoms with Gasteiger partial charge in [-0.2, -0.15) is 0 Å². The molecule has 2 nitrogen and oxygen atoms in total. The van der Waals surface area contributed by atoms with E-state index in [4.69, 9.17) is 10.5 Å². The lowest BCUT2D eigenvalue weighted by atomic mass is 9.98. The van der Waals surface area contributed by atoms with E-state index in [1.165, 1.54) is 5.56 Å². The van der Waals surface area contributed by atoms with Crippen LogP contribution in [0.4, 0.5) is 0 Å². The molecule has 0 spiro atoms. The quantitative estimate of drug-likeness (QED) is 0.849. The van der Waals surface area contributed by atoms with Gasteiger partial charge < -0.3 is 10.5 Å². The highest BCUT2D eigenvalue weighted by atomic mass is 16.5. The molecule has 0 radical (unpaired) electrons. The Labute approximate surface area is 121 Å². The Morgan fingerprint density at radius 2 is 1.65 bits per heavy atom. The van der Waals surface area contributed by atoms with E-state index in [1.54, 1.807) is 0 Å². The largest absolute Gasteiger partial charge is 0.491 e. The molecule has 2 aromatic carbocycles.